The molecule has 0 saturated heterocycles. The van der Waals surface area contributed by atoms with Crippen LogP contribution in [0.25, 0.3) is 0 Å². The summed E-state index contributed by atoms with van der Waals surface area (Å²) in [6.45, 7) is 2.96. The number of alkyl halides is 1. The van der Waals surface area contributed by atoms with Crippen LogP contribution in [0.15, 0.2) is 46.1 Å². The number of carbonyl (C=O) groups is 1. The first-order valence-electron chi connectivity index (χ1n) is 12.9. The lowest BCUT2D eigenvalue weighted by Crippen LogP contribution is -2.54. The Labute approximate surface area is 236 Å². The van der Waals surface area contributed by atoms with E-state index in [0.29, 0.717) is 0 Å². The van der Waals surface area contributed by atoms with Crippen molar-refractivity contribution in [2.24, 2.45) is 5.73 Å². The van der Waals surface area contributed by atoms with Crippen LogP contribution in [-0.4, -0.2) is 69.5 Å². The minimum atomic E-state index is -4.56. The van der Waals surface area contributed by atoms with Crippen molar-refractivity contribution in [2.45, 2.75) is 70.7 Å². The Morgan fingerprint density at radius 1 is 1.22 bits per heavy atom. The Morgan fingerprint density at radius 3 is 2.39 bits per heavy atom. The molecule has 0 amide bonds. The van der Waals surface area contributed by atoms with Gasteiger partial charge in [-0.1, -0.05) is 19.1 Å². The standard InChI is InChI=1S/C25H38FN4O10P/c1-5-22(30-11-10-21(33)28-24(30)35)39-25(14-26,20(32)13-31)15-37-41(36,29-17(4)23(34)38-16(2)3)40-19-8-6-18(12-27)7-9-19/h6-11,16-17,20,22,31-32H,5,12-15,27H2,1-4H3,(H,29,36)(H,28,33,35). The molecule has 1 heterocycles. The van der Waals surface area contributed by atoms with Gasteiger partial charge in [0, 0.05) is 18.8 Å². The van der Waals surface area contributed by atoms with Crippen molar-refractivity contribution in [1.29, 1.82) is 0 Å². The third-order valence-corrected chi connectivity index (χ3v) is 7.43. The van der Waals surface area contributed by atoms with Crippen molar-refractivity contribution in [3.05, 3.63) is 62.9 Å². The maximum Gasteiger partial charge on any atom is 0.459 e. The number of esters is 1. The van der Waals surface area contributed by atoms with Crippen molar-refractivity contribution in [3.8, 4) is 5.75 Å². The van der Waals surface area contributed by atoms with E-state index in [-0.39, 0.29) is 18.7 Å². The van der Waals surface area contributed by atoms with E-state index in [4.69, 9.17) is 24.3 Å². The normalized spacial score (nSPS) is 16.8. The molecule has 1 aromatic heterocycles. The van der Waals surface area contributed by atoms with E-state index in [1.807, 2.05) is 4.98 Å². The summed E-state index contributed by atoms with van der Waals surface area (Å²) >= 11 is 0. The number of H-pyrrole nitrogens is 1. The number of carbonyl (C=O) groups excluding carboxylic acids is 1. The summed E-state index contributed by atoms with van der Waals surface area (Å²) in [5, 5.41) is 22.8. The topological polar surface area (TPSA) is 204 Å². The van der Waals surface area contributed by atoms with Crippen LogP contribution in [0.4, 0.5) is 4.39 Å². The van der Waals surface area contributed by atoms with Crippen molar-refractivity contribution < 1.29 is 42.5 Å². The molecule has 41 heavy (non-hydrogen) atoms. The van der Waals surface area contributed by atoms with Crippen LogP contribution < -0.4 is 26.6 Å². The minimum Gasteiger partial charge on any atom is -0.462 e. The first kappa shape index (κ1) is 34.3. The van der Waals surface area contributed by atoms with Crippen LogP contribution in [-0.2, 0) is 29.9 Å². The number of aliphatic hydroxyl groups is 2. The number of ether oxygens (including phenoxy) is 2. The zero-order valence-corrected chi connectivity index (χ0v) is 24.2. The highest BCUT2D eigenvalue weighted by molar-refractivity contribution is 7.52. The summed E-state index contributed by atoms with van der Waals surface area (Å²) in [7, 11) is -4.56. The quantitative estimate of drug-likeness (QED) is 0.127. The molecule has 230 valence electrons. The summed E-state index contributed by atoms with van der Waals surface area (Å²) in [5.74, 6) is -0.735. The molecule has 16 heteroatoms. The van der Waals surface area contributed by atoms with Crippen LogP contribution in [0.3, 0.4) is 0 Å². The largest absolute Gasteiger partial charge is 0.462 e. The van der Waals surface area contributed by atoms with Crippen molar-refractivity contribution in [3.63, 3.8) is 0 Å². The zero-order chi connectivity index (χ0) is 30.8. The zero-order valence-electron chi connectivity index (χ0n) is 23.3. The van der Waals surface area contributed by atoms with Gasteiger partial charge in [0.25, 0.3) is 5.56 Å². The summed E-state index contributed by atoms with van der Waals surface area (Å²) in [5.41, 5.74) is 2.43. The average molecular weight is 605 g/mol. The number of aromatic amines is 1. The number of aliphatic hydroxyl groups excluding tert-OH is 2. The van der Waals surface area contributed by atoms with Gasteiger partial charge >= 0.3 is 19.4 Å². The summed E-state index contributed by atoms with van der Waals surface area (Å²) in [6, 6.07) is 5.94. The van der Waals surface area contributed by atoms with Crippen LogP contribution in [0, 0.1) is 0 Å². The summed E-state index contributed by atoms with van der Waals surface area (Å²) in [6.07, 6.45) is -2.50. The molecule has 1 aromatic carbocycles. The molecule has 6 N–H and O–H groups in total. The molecule has 0 radical (unpaired) electrons. The molecule has 0 bridgehead atoms. The SMILES string of the molecule is CCC(OC(CF)(COP(=O)(NC(C)C(=O)OC(C)C)Oc1ccc(CN)cc1)C(O)CO)n1ccc(=O)[nH]c1=O. The third-order valence-electron chi connectivity index (χ3n) is 5.81. The second-order valence-electron chi connectivity index (χ2n) is 9.44. The van der Waals surface area contributed by atoms with Crippen molar-refractivity contribution in [1.82, 2.24) is 14.6 Å². The maximum atomic E-state index is 14.7. The van der Waals surface area contributed by atoms with E-state index in [9.17, 15) is 33.6 Å². The number of hydrogen-bond donors (Lipinski definition) is 5. The average Bonchev–Trinajstić information content (AvgIpc) is 2.93. The van der Waals surface area contributed by atoms with E-state index in [0.717, 1.165) is 22.4 Å². The first-order chi connectivity index (χ1) is 19.3. The van der Waals surface area contributed by atoms with Gasteiger partial charge in [0.15, 0.2) is 5.60 Å². The first-order valence-corrected chi connectivity index (χ1v) is 14.4. The van der Waals surface area contributed by atoms with Gasteiger partial charge in [-0.15, -0.1) is 0 Å². The molecule has 0 saturated carbocycles. The Morgan fingerprint density at radius 2 is 1.88 bits per heavy atom. The maximum absolute atomic E-state index is 14.7. The molecule has 5 unspecified atom stereocenters. The summed E-state index contributed by atoms with van der Waals surface area (Å²) in [4.78, 5) is 38.3. The molecule has 2 rings (SSSR count). The number of halogens is 1. The van der Waals surface area contributed by atoms with E-state index in [2.05, 4.69) is 5.09 Å². The number of hydrogen-bond acceptors (Lipinski definition) is 11. The van der Waals surface area contributed by atoms with E-state index >= 15 is 0 Å². The molecule has 0 spiro atoms. The predicted octanol–water partition coefficient (Wildman–Crippen LogP) is 1.12. The van der Waals surface area contributed by atoms with Gasteiger partial charge in [0.1, 0.15) is 30.8 Å². The number of nitrogens with zero attached hydrogens (tertiary/aromatic N) is 1. The number of nitrogens with one attached hydrogen (secondary N) is 2. The van der Waals surface area contributed by atoms with E-state index < -0.39 is 74.9 Å². The number of nitrogens with two attached hydrogens (primary N) is 1. The Kier molecular flexibility index (Phi) is 12.8. The van der Waals surface area contributed by atoms with Gasteiger partial charge in [0.05, 0.1) is 19.3 Å². The van der Waals surface area contributed by atoms with Gasteiger partial charge in [-0.3, -0.25) is 23.7 Å². The number of rotatable bonds is 17. The van der Waals surface area contributed by atoms with E-state index in [1.165, 1.54) is 19.1 Å². The van der Waals surface area contributed by atoms with Crippen molar-refractivity contribution >= 4 is 13.7 Å². The fourth-order valence-electron chi connectivity index (χ4n) is 3.53. The molecule has 0 aliphatic carbocycles. The Balaban J connectivity index is 2.44. The Hall–Kier alpha value is -2.91. The third kappa shape index (κ3) is 9.57. The molecule has 5 atom stereocenters. The van der Waals surface area contributed by atoms with Gasteiger partial charge in [-0.2, -0.15) is 5.09 Å². The minimum absolute atomic E-state index is 0.0446. The molecule has 0 aliphatic rings. The highest BCUT2D eigenvalue weighted by Crippen LogP contribution is 2.46. The second-order valence-corrected chi connectivity index (χ2v) is 11.1. The summed E-state index contributed by atoms with van der Waals surface area (Å²) < 4.78 is 51.6. The van der Waals surface area contributed by atoms with Crippen LogP contribution in [0.1, 0.15) is 45.9 Å². The number of benzene rings is 1. The van der Waals surface area contributed by atoms with Crippen molar-refractivity contribution in [2.75, 3.05) is 19.9 Å². The van der Waals surface area contributed by atoms with Gasteiger partial charge in [-0.05, 0) is 44.9 Å². The monoisotopic (exact) mass is 604 g/mol. The molecule has 14 nitrogen and oxygen atoms in total. The smallest absolute Gasteiger partial charge is 0.459 e. The molecular formula is C25H38FN4O10P. The van der Waals surface area contributed by atoms with Crippen LogP contribution in [0.5, 0.6) is 5.75 Å². The van der Waals surface area contributed by atoms with E-state index in [1.54, 1.807) is 32.9 Å². The van der Waals surface area contributed by atoms with Gasteiger partial charge < -0.3 is 29.9 Å². The van der Waals surface area contributed by atoms with Crippen LogP contribution >= 0.6 is 7.75 Å². The number of aromatic nitrogens is 2. The second kappa shape index (κ2) is 15.4. The lowest BCUT2D eigenvalue weighted by atomic mass is 9.99. The Bertz CT molecular complexity index is 1290. The van der Waals surface area contributed by atoms with Crippen LogP contribution in [0.2, 0.25) is 0 Å². The molecular weight excluding hydrogens is 566 g/mol. The van der Waals surface area contributed by atoms with Gasteiger partial charge in [-0.25, -0.2) is 13.8 Å². The molecule has 0 aliphatic heterocycles. The van der Waals surface area contributed by atoms with Gasteiger partial charge in [0.2, 0.25) is 0 Å². The molecule has 0 fully saturated rings. The predicted molar refractivity (Wildman–Crippen MR) is 146 cm³/mol. The fourth-order valence-corrected chi connectivity index (χ4v) is 5.08. The highest BCUT2D eigenvalue weighted by atomic mass is 31.2. The lowest BCUT2D eigenvalue weighted by Gasteiger charge is -2.38. The lowest BCUT2D eigenvalue weighted by molar-refractivity contribution is -0.209. The highest BCUT2D eigenvalue weighted by Gasteiger charge is 2.45. The molecule has 2 aromatic rings. The fraction of sp³-hybridized carbons (Fsp3) is 0.560.